The monoisotopic (exact) mass is 256 g/mol. The third-order valence-electron chi connectivity index (χ3n) is 2.42. The molecule has 3 N–H and O–H groups in total. The molecule has 0 aromatic heterocycles. The van der Waals surface area contributed by atoms with Crippen molar-refractivity contribution in [3.8, 4) is 0 Å². The molecule has 0 atom stereocenters. The molecule has 1 aromatic rings. The van der Waals surface area contributed by atoms with Crippen molar-refractivity contribution >= 4 is 15.7 Å². The lowest BCUT2D eigenvalue weighted by Crippen LogP contribution is -2.22. The molecule has 0 heterocycles. The largest absolute Gasteiger partial charge is 0.399 e. The summed E-state index contributed by atoms with van der Waals surface area (Å²) in [5.74, 6) is 0. The zero-order chi connectivity index (χ0) is 13.3. The number of nitrogens with one attached hydrogen (secondary N) is 1. The summed E-state index contributed by atoms with van der Waals surface area (Å²) >= 11 is 0. The first-order valence-electron chi connectivity index (χ1n) is 5.42. The maximum atomic E-state index is 11.0. The number of anilines is 1. The zero-order valence-electron chi connectivity index (χ0n) is 10.7. The molecule has 0 aliphatic heterocycles. The van der Waals surface area contributed by atoms with Crippen molar-refractivity contribution < 1.29 is 8.42 Å². The van der Waals surface area contributed by atoms with Crippen LogP contribution in [-0.4, -0.2) is 14.7 Å². The maximum Gasteiger partial charge on any atom is 0.209 e. The Morgan fingerprint density at radius 1 is 1.24 bits per heavy atom. The van der Waals surface area contributed by atoms with E-state index in [0.29, 0.717) is 5.69 Å². The Bertz CT molecular complexity index is 502. The standard InChI is InChI=1S/C12H20N2O2S/c1-12(2,3)10-5-9(6-11(13)7-10)8-14-17(4,15)16/h5-7,14H,8,13H2,1-4H3. The van der Waals surface area contributed by atoms with Gasteiger partial charge in [0.15, 0.2) is 0 Å². The van der Waals surface area contributed by atoms with Crippen LogP contribution < -0.4 is 10.5 Å². The summed E-state index contributed by atoms with van der Waals surface area (Å²) < 4.78 is 24.5. The Morgan fingerprint density at radius 2 is 1.82 bits per heavy atom. The number of hydrogen-bond donors (Lipinski definition) is 2. The molecule has 17 heavy (non-hydrogen) atoms. The van der Waals surface area contributed by atoms with Gasteiger partial charge in [-0.15, -0.1) is 0 Å². The predicted molar refractivity (Wildman–Crippen MR) is 71.2 cm³/mol. The van der Waals surface area contributed by atoms with Crippen LogP contribution in [0.1, 0.15) is 31.9 Å². The summed E-state index contributed by atoms with van der Waals surface area (Å²) in [6.45, 7) is 6.55. The van der Waals surface area contributed by atoms with Gasteiger partial charge < -0.3 is 5.73 Å². The zero-order valence-corrected chi connectivity index (χ0v) is 11.6. The van der Waals surface area contributed by atoms with E-state index in [9.17, 15) is 8.42 Å². The molecule has 0 unspecified atom stereocenters. The highest BCUT2D eigenvalue weighted by Crippen LogP contribution is 2.25. The van der Waals surface area contributed by atoms with Crippen LogP contribution in [-0.2, 0) is 22.0 Å². The molecule has 0 aliphatic carbocycles. The summed E-state index contributed by atoms with van der Waals surface area (Å²) in [6, 6.07) is 5.69. The molecule has 0 saturated heterocycles. The molecule has 0 aliphatic rings. The minimum Gasteiger partial charge on any atom is -0.399 e. The second-order valence-electron chi connectivity index (χ2n) is 5.31. The molecule has 0 fully saturated rings. The van der Waals surface area contributed by atoms with Crippen molar-refractivity contribution in [2.24, 2.45) is 0 Å². The molecule has 0 amide bonds. The van der Waals surface area contributed by atoms with Crippen LogP contribution in [0.5, 0.6) is 0 Å². The lowest BCUT2D eigenvalue weighted by Gasteiger charge is -2.20. The molecule has 96 valence electrons. The van der Waals surface area contributed by atoms with Gasteiger partial charge in [-0.2, -0.15) is 0 Å². The first kappa shape index (κ1) is 14.0. The van der Waals surface area contributed by atoms with Crippen molar-refractivity contribution in [3.63, 3.8) is 0 Å². The van der Waals surface area contributed by atoms with Gasteiger partial charge in [-0.05, 0) is 28.7 Å². The van der Waals surface area contributed by atoms with E-state index in [-0.39, 0.29) is 12.0 Å². The van der Waals surface area contributed by atoms with Crippen LogP contribution in [0.2, 0.25) is 0 Å². The van der Waals surface area contributed by atoms with Crippen LogP contribution in [0.4, 0.5) is 5.69 Å². The second kappa shape index (κ2) is 4.66. The van der Waals surface area contributed by atoms with E-state index in [1.54, 1.807) is 6.07 Å². The van der Waals surface area contributed by atoms with Crippen molar-refractivity contribution in [1.29, 1.82) is 0 Å². The van der Waals surface area contributed by atoms with Crippen molar-refractivity contribution in [2.75, 3.05) is 12.0 Å². The van der Waals surface area contributed by atoms with Crippen molar-refractivity contribution in [1.82, 2.24) is 4.72 Å². The van der Waals surface area contributed by atoms with Crippen LogP contribution >= 0.6 is 0 Å². The number of benzene rings is 1. The van der Waals surface area contributed by atoms with E-state index in [0.717, 1.165) is 17.4 Å². The third-order valence-corrected chi connectivity index (χ3v) is 3.09. The highest BCUT2D eigenvalue weighted by atomic mass is 32.2. The first-order chi connectivity index (χ1) is 7.58. The Kier molecular flexibility index (Phi) is 3.84. The molecule has 0 saturated carbocycles. The molecule has 1 aromatic carbocycles. The normalized spacial score (nSPS) is 12.7. The highest BCUT2D eigenvalue weighted by Gasteiger charge is 2.15. The molecule has 0 radical (unpaired) electrons. The molecular weight excluding hydrogens is 236 g/mol. The smallest absolute Gasteiger partial charge is 0.209 e. The van der Waals surface area contributed by atoms with Gasteiger partial charge in [0.25, 0.3) is 0 Å². The molecule has 5 heteroatoms. The number of hydrogen-bond acceptors (Lipinski definition) is 3. The summed E-state index contributed by atoms with van der Waals surface area (Å²) in [4.78, 5) is 0. The van der Waals surface area contributed by atoms with Gasteiger partial charge in [0.1, 0.15) is 0 Å². The van der Waals surface area contributed by atoms with Crippen molar-refractivity contribution in [2.45, 2.75) is 32.7 Å². The van der Waals surface area contributed by atoms with Crippen LogP contribution in [0.3, 0.4) is 0 Å². The summed E-state index contributed by atoms with van der Waals surface area (Å²) in [7, 11) is -3.17. The number of rotatable bonds is 3. The van der Waals surface area contributed by atoms with Crippen LogP contribution in [0.25, 0.3) is 0 Å². The van der Waals surface area contributed by atoms with Gasteiger partial charge in [0, 0.05) is 12.2 Å². The lowest BCUT2D eigenvalue weighted by molar-refractivity contribution is 0.585. The lowest BCUT2D eigenvalue weighted by atomic mass is 9.86. The van der Waals surface area contributed by atoms with E-state index in [1.807, 2.05) is 12.1 Å². The number of nitrogen functional groups attached to an aromatic ring is 1. The summed E-state index contributed by atoms with van der Waals surface area (Å²) in [5.41, 5.74) is 8.44. The fourth-order valence-corrected chi connectivity index (χ4v) is 1.90. The van der Waals surface area contributed by atoms with Gasteiger partial charge in [-0.3, -0.25) is 0 Å². The van der Waals surface area contributed by atoms with Gasteiger partial charge in [-0.1, -0.05) is 26.8 Å². The number of nitrogens with two attached hydrogens (primary N) is 1. The minimum absolute atomic E-state index is 0.00474. The fraction of sp³-hybridized carbons (Fsp3) is 0.500. The Labute approximate surface area is 103 Å². The van der Waals surface area contributed by atoms with Gasteiger partial charge in [-0.25, -0.2) is 13.1 Å². The average Bonchev–Trinajstić information content (AvgIpc) is 2.11. The van der Waals surface area contributed by atoms with Crippen molar-refractivity contribution in [3.05, 3.63) is 29.3 Å². The molecule has 4 nitrogen and oxygen atoms in total. The summed E-state index contributed by atoms with van der Waals surface area (Å²) in [5, 5.41) is 0. The predicted octanol–water partition coefficient (Wildman–Crippen LogP) is 1.62. The Morgan fingerprint density at radius 3 is 2.29 bits per heavy atom. The van der Waals surface area contributed by atoms with E-state index in [1.165, 1.54) is 0 Å². The van der Waals surface area contributed by atoms with Gasteiger partial charge >= 0.3 is 0 Å². The van der Waals surface area contributed by atoms with E-state index in [4.69, 9.17) is 5.73 Å². The SMILES string of the molecule is CC(C)(C)c1cc(N)cc(CNS(C)(=O)=O)c1. The fourth-order valence-electron chi connectivity index (χ4n) is 1.47. The van der Waals surface area contributed by atoms with Crippen LogP contribution in [0, 0.1) is 0 Å². The van der Waals surface area contributed by atoms with Gasteiger partial charge in [0.2, 0.25) is 10.0 Å². The highest BCUT2D eigenvalue weighted by molar-refractivity contribution is 7.88. The Balaban J connectivity index is 2.98. The molecule has 0 spiro atoms. The average molecular weight is 256 g/mol. The minimum atomic E-state index is -3.17. The van der Waals surface area contributed by atoms with E-state index in [2.05, 4.69) is 25.5 Å². The number of sulfonamides is 1. The summed E-state index contributed by atoms with van der Waals surface area (Å²) in [6.07, 6.45) is 1.14. The molecule has 0 bridgehead atoms. The maximum absolute atomic E-state index is 11.0. The van der Waals surface area contributed by atoms with Gasteiger partial charge in [0.05, 0.1) is 6.26 Å². The topological polar surface area (TPSA) is 72.2 Å². The Hall–Kier alpha value is -1.07. The first-order valence-corrected chi connectivity index (χ1v) is 7.31. The van der Waals surface area contributed by atoms with Crippen LogP contribution in [0.15, 0.2) is 18.2 Å². The molecule has 1 rings (SSSR count). The molecular formula is C12H20N2O2S. The second-order valence-corrected chi connectivity index (χ2v) is 7.14. The quantitative estimate of drug-likeness (QED) is 0.807. The third kappa shape index (κ3) is 4.75. The van der Waals surface area contributed by atoms with E-state index < -0.39 is 10.0 Å². The van der Waals surface area contributed by atoms with E-state index >= 15 is 0 Å².